The van der Waals surface area contributed by atoms with Gasteiger partial charge >= 0.3 is 0 Å². The third kappa shape index (κ3) is 1.08. The molecule has 1 N–H and O–H groups in total. The molecule has 0 aliphatic carbocycles. The lowest BCUT2D eigenvalue weighted by atomic mass is 10.1. The van der Waals surface area contributed by atoms with Gasteiger partial charge in [0.05, 0.1) is 0 Å². The van der Waals surface area contributed by atoms with Gasteiger partial charge in [0, 0.05) is 6.99 Å². The molecule has 1 aromatic rings. The highest BCUT2D eigenvalue weighted by Gasteiger charge is 2.24. The molecule has 0 aromatic heterocycles. The van der Waals surface area contributed by atoms with E-state index in [9.17, 15) is 5.11 Å². The Balaban J connectivity index is 0.000000720. The number of rotatable bonds is 1. The molecule has 60 valence electrons. The summed E-state index contributed by atoms with van der Waals surface area (Å²) in [6, 6.07) is 7.09. The van der Waals surface area contributed by atoms with E-state index in [4.69, 9.17) is 4.89 Å². The number of phenols is 1. The van der Waals surface area contributed by atoms with Crippen molar-refractivity contribution in [3.63, 3.8) is 0 Å². The van der Waals surface area contributed by atoms with Gasteiger partial charge in [0.2, 0.25) is 0 Å². The first kappa shape index (κ1) is 6.64. The van der Waals surface area contributed by atoms with Crippen LogP contribution in [0.2, 0.25) is 0 Å². The average Bonchev–Trinajstić information content (AvgIpc) is 1.90. The summed E-state index contributed by atoms with van der Waals surface area (Å²) in [7, 11) is 0. The van der Waals surface area contributed by atoms with Crippen molar-refractivity contribution in [2.45, 2.75) is 6.10 Å². The van der Waals surface area contributed by atoms with Crippen LogP contribution < -0.4 is 0 Å². The lowest BCUT2D eigenvalue weighted by Gasteiger charge is -2.25. The summed E-state index contributed by atoms with van der Waals surface area (Å²) in [6.45, 7) is 0.525. The number of aromatic hydroxyl groups is 1. The Morgan fingerprint density at radius 1 is 1.45 bits per heavy atom. The molecule has 11 heavy (non-hydrogen) atoms. The van der Waals surface area contributed by atoms with Gasteiger partial charge in [-0.2, -0.15) is 0 Å². The van der Waals surface area contributed by atoms with E-state index in [0.29, 0.717) is 6.61 Å². The van der Waals surface area contributed by atoms with E-state index in [-0.39, 0.29) is 13.3 Å². The second kappa shape index (κ2) is 2.53. The summed E-state index contributed by atoms with van der Waals surface area (Å²) in [4.78, 5) is 9.27. The molecule has 1 aromatic carbocycles. The van der Waals surface area contributed by atoms with Crippen molar-refractivity contribution in [3.8, 4) is 5.75 Å². The molecular formula is C8H10O3. The zero-order valence-electron chi connectivity index (χ0n) is 5.86. The summed E-state index contributed by atoms with van der Waals surface area (Å²) < 4.78 is 0. The molecule has 0 spiro atoms. The second-order valence-corrected chi connectivity index (χ2v) is 2.43. The van der Waals surface area contributed by atoms with Crippen molar-refractivity contribution in [1.29, 1.82) is 0 Å². The van der Waals surface area contributed by atoms with Crippen molar-refractivity contribution in [2.24, 2.45) is 0 Å². The second-order valence-electron chi connectivity index (χ2n) is 2.43. The summed E-state index contributed by atoms with van der Waals surface area (Å²) >= 11 is 0. The van der Waals surface area contributed by atoms with E-state index in [2.05, 4.69) is 4.89 Å². The van der Waals surface area contributed by atoms with Crippen molar-refractivity contribution in [3.05, 3.63) is 29.8 Å². The first-order valence-electron chi connectivity index (χ1n) is 3.44. The minimum atomic E-state index is -0.0869. The minimum absolute atomic E-state index is 0. The Labute approximate surface area is 65.6 Å². The van der Waals surface area contributed by atoms with Crippen LogP contribution in [0, 0.1) is 0 Å². The molecule has 3 nitrogen and oxygen atoms in total. The third-order valence-electron chi connectivity index (χ3n) is 1.69. The van der Waals surface area contributed by atoms with Crippen LogP contribution in [0.1, 0.15) is 13.1 Å². The molecule has 1 heterocycles. The van der Waals surface area contributed by atoms with Gasteiger partial charge in [-0.15, -0.1) is 0 Å². The number of para-hydroxylation sites is 1. The molecule has 0 amide bonds. The fourth-order valence-electron chi connectivity index (χ4n) is 1.04. The summed E-state index contributed by atoms with van der Waals surface area (Å²) in [5.41, 5.74) is 0.791. The Morgan fingerprint density at radius 3 is 2.73 bits per heavy atom. The van der Waals surface area contributed by atoms with Crippen LogP contribution >= 0.6 is 0 Å². The molecule has 1 aliphatic rings. The molecule has 2 rings (SSSR count). The Hall–Kier alpha value is -1.06. The number of benzene rings is 1. The molecular weight excluding hydrogens is 144 g/mol. The summed E-state index contributed by atoms with van der Waals surface area (Å²) in [5, 5.41) is 9.31. The zero-order chi connectivity index (χ0) is 7.68. The Morgan fingerprint density at radius 2 is 2.18 bits per heavy atom. The van der Waals surface area contributed by atoms with Crippen molar-refractivity contribution >= 4 is 0 Å². The van der Waals surface area contributed by atoms with Gasteiger partial charge < -0.3 is 5.11 Å². The van der Waals surface area contributed by atoms with Gasteiger partial charge in [0.1, 0.15) is 18.5 Å². The molecule has 0 radical (unpaired) electrons. The predicted molar refractivity (Wildman–Crippen MR) is 40.0 cm³/mol. The van der Waals surface area contributed by atoms with Gasteiger partial charge in [-0.05, 0) is 6.07 Å². The molecule has 3 heteroatoms. The standard InChI is InChI=1S/C8H8O3.H2/c9-7-4-2-1-3-6(7)8-5-10-11-8;/h1-4,8-9H,5H2;1H. The van der Waals surface area contributed by atoms with Crippen LogP contribution in [-0.2, 0) is 9.78 Å². The minimum Gasteiger partial charge on any atom is -0.508 e. The SMILES string of the molecule is Oc1ccccc1C1COO1.[HH]. The van der Waals surface area contributed by atoms with Gasteiger partial charge in [0.15, 0.2) is 0 Å². The number of phenolic OH excluding ortho intramolecular Hbond substituents is 1. The van der Waals surface area contributed by atoms with E-state index in [0.717, 1.165) is 5.56 Å². The highest BCUT2D eigenvalue weighted by molar-refractivity contribution is 5.34. The maximum atomic E-state index is 9.31. The average molecular weight is 154 g/mol. The van der Waals surface area contributed by atoms with E-state index in [1.807, 2.05) is 12.1 Å². The lowest BCUT2D eigenvalue weighted by Crippen LogP contribution is -2.22. The highest BCUT2D eigenvalue weighted by atomic mass is 17.2. The van der Waals surface area contributed by atoms with Crippen LogP contribution in [0.4, 0.5) is 0 Å². The lowest BCUT2D eigenvalue weighted by molar-refractivity contribution is -0.429. The molecule has 1 unspecified atom stereocenters. The summed E-state index contributed by atoms with van der Waals surface area (Å²) in [6.07, 6.45) is -0.0869. The van der Waals surface area contributed by atoms with Crippen molar-refractivity contribution < 1.29 is 16.3 Å². The zero-order valence-corrected chi connectivity index (χ0v) is 5.86. The summed E-state index contributed by atoms with van der Waals surface area (Å²) in [5.74, 6) is 0.265. The highest BCUT2D eigenvalue weighted by Crippen LogP contribution is 2.31. The quantitative estimate of drug-likeness (QED) is 0.625. The van der Waals surface area contributed by atoms with E-state index < -0.39 is 0 Å². The Kier molecular flexibility index (Phi) is 1.52. The fourth-order valence-corrected chi connectivity index (χ4v) is 1.04. The molecule has 0 saturated carbocycles. The third-order valence-corrected chi connectivity index (χ3v) is 1.69. The van der Waals surface area contributed by atoms with E-state index in [1.165, 1.54) is 0 Å². The maximum Gasteiger partial charge on any atom is 0.148 e. The largest absolute Gasteiger partial charge is 0.508 e. The smallest absolute Gasteiger partial charge is 0.148 e. The molecule has 1 aliphatic heterocycles. The number of hydrogen-bond acceptors (Lipinski definition) is 3. The first-order chi connectivity index (χ1) is 5.38. The van der Waals surface area contributed by atoms with Crippen LogP contribution in [0.15, 0.2) is 24.3 Å². The van der Waals surface area contributed by atoms with Crippen LogP contribution in [0.5, 0.6) is 5.75 Å². The van der Waals surface area contributed by atoms with Crippen LogP contribution in [-0.4, -0.2) is 11.7 Å². The Bertz CT molecular complexity index is 260. The van der Waals surface area contributed by atoms with Crippen molar-refractivity contribution in [1.82, 2.24) is 0 Å². The van der Waals surface area contributed by atoms with Gasteiger partial charge in [-0.3, -0.25) is 0 Å². The number of hydrogen-bond donors (Lipinski definition) is 1. The predicted octanol–water partition coefficient (Wildman–Crippen LogP) is 1.64. The monoisotopic (exact) mass is 154 g/mol. The molecule has 1 fully saturated rings. The van der Waals surface area contributed by atoms with Gasteiger partial charge in [-0.25, -0.2) is 9.78 Å². The van der Waals surface area contributed by atoms with Crippen LogP contribution in [0.3, 0.4) is 0 Å². The fraction of sp³-hybridized carbons (Fsp3) is 0.250. The normalized spacial score (nSPS) is 22.7. The first-order valence-corrected chi connectivity index (χ1v) is 3.44. The molecule has 0 bridgehead atoms. The van der Waals surface area contributed by atoms with Gasteiger partial charge in [-0.1, -0.05) is 18.2 Å². The molecule has 1 saturated heterocycles. The van der Waals surface area contributed by atoms with Crippen molar-refractivity contribution in [2.75, 3.05) is 6.61 Å². The topological polar surface area (TPSA) is 38.7 Å². The van der Waals surface area contributed by atoms with Crippen LogP contribution in [0.25, 0.3) is 0 Å². The van der Waals surface area contributed by atoms with E-state index in [1.54, 1.807) is 12.1 Å². The van der Waals surface area contributed by atoms with E-state index >= 15 is 0 Å². The maximum absolute atomic E-state index is 9.31. The molecule has 1 atom stereocenters. The van der Waals surface area contributed by atoms with Gasteiger partial charge in [0.25, 0.3) is 0 Å².